The number of nitrogens with zero attached hydrogens (tertiary/aromatic N) is 3. The highest BCUT2D eigenvalue weighted by molar-refractivity contribution is 5.97. The third-order valence-electron chi connectivity index (χ3n) is 7.78. The van der Waals surface area contributed by atoms with Crippen molar-refractivity contribution in [2.24, 2.45) is 5.92 Å². The Morgan fingerprint density at radius 2 is 1.48 bits per heavy atom. The molecule has 1 aromatic rings. The molecule has 1 saturated carbocycles. The van der Waals surface area contributed by atoms with E-state index < -0.39 is 0 Å². The molecular weight excluding hydrogens is 386 g/mol. The van der Waals surface area contributed by atoms with Crippen molar-refractivity contribution in [3.05, 3.63) is 35.4 Å². The van der Waals surface area contributed by atoms with Gasteiger partial charge in [-0.25, -0.2) is 0 Å². The Morgan fingerprint density at radius 1 is 0.839 bits per heavy atom. The predicted molar refractivity (Wildman–Crippen MR) is 124 cm³/mol. The Balaban J connectivity index is 1.31. The quantitative estimate of drug-likeness (QED) is 0.717. The van der Waals surface area contributed by atoms with Crippen LogP contribution in [0.15, 0.2) is 24.3 Å². The van der Waals surface area contributed by atoms with E-state index >= 15 is 0 Å². The lowest BCUT2D eigenvalue weighted by molar-refractivity contribution is 0.0541. The van der Waals surface area contributed by atoms with Crippen LogP contribution < -0.4 is 0 Å². The highest BCUT2D eigenvalue weighted by atomic mass is 16.2. The number of likely N-dealkylation sites (tertiary alicyclic amines) is 2. The highest BCUT2D eigenvalue weighted by Crippen LogP contribution is 2.25. The van der Waals surface area contributed by atoms with Gasteiger partial charge in [-0.1, -0.05) is 26.2 Å². The zero-order valence-corrected chi connectivity index (χ0v) is 19.4. The van der Waals surface area contributed by atoms with Crippen LogP contribution >= 0.6 is 0 Å². The van der Waals surface area contributed by atoms with Crippen molar-refractivity contribution in [1.82, 2.24) is 14.7 Å². The monoisotopic (exact) mass is 425 g/mol. The standard InChI is InChI=1S/C26H39N3O2/c1-20-7-6-16-29(19-20)24-14-17-28(18-15-24)26(31)22-12-10-21(11-13-22)25(30)27(2)23-8-4-3-5-9-23/h10-13,20,23-24H,3-9,14-19H2,1-2H3. The van der Waals surface area contributed by atoms with Crippen LogP contribution in [0.4, 0.5) is 0 Å². The zero-order valence-electron chi connectivity index (χ0n) is 19.4. The lowest BCUT2D eigenvalue weighted by Gasteiger charge is -2.41. The van der Waals surface area contributed by atoms with E-state index in [1.165, 1.54) is 45.2 Å². The van der Waals surface area contributed by atoms with Crippen LogP contribution in [-0.4, -0.2) is 71.8 Å². The van der Waals surface area contributed by atoms with Gasteiger partial charge in [-0.2, -0.15) is 0 Å². The van der Waals surface area contributed by atoms with Crippen molar-refractivity contribution in [2.75, 3.05) is 33.2 Å². The maximum Gasteiger partial charge on any atom is 0.253 e. The minimum atomic E-state index is 0.0717. The normalized spacial score (nSPS) is 24.2. The number of amides is 2. The first-order valence-electron chi connectivity index (χ1n) is 12.4. The van der Waals surface area contributed by atoms with Crippen molar-refractivity contribution in [3.63, 3.8) is 0 Å². The molecule has 2 amide bonds. The fourth-order valence-corrected chi connectivity index (χ4v) is 5.77. The molecule has 2 heterocycles. The molecule has 5 nitrogen and oxygen atoms in total. The molecule has 3 fully saturated rings. The third-order valence-corrected chi connectivity index (χ3v) is 7.78. The topological polar surface area (TPSA) is 43.9 Å². The Labute approximate surface area is 187 Å². The van der Waals surface area contributed by atoms with Gasteiger partial charge in [-0.05, 0) is 75.3 Å². The number of carbonyl (C=O) groups is 2. The Kier molecular flexibility index (Phi) is 7.31. The Hall–Kier alpha value is -1.88. The number of carbonyl (C=O) groups excluding carboxylic acids is 2. The van der Waals surface area contributed by atoms with Gasteiger partial charge in [-0.15, -0.1) is 0 Å². The second kappa shape index (κ2) is 10.2. The lowest BCUT2D eigenvalue weighted by atomic mass is 9.94. The van der Waals surface area contributed by atoms with E-state index in [9.17, 15) is 9.59 Å². The molecule has 3 aliphatic rings. The van der Waals surface area contributed by atoms with Crippen molar-refractivity contribution >= 4 is 11.8 Å². The summed E-state index contributed by atoms with van der Waals surface area (Å²) < 4.78 is 0. The van der Waals surface area contributed by atoms with Crippen molar-refractivity contribution < 1.29 is 9.59 Å². The molecule has 4 rings (SSSR count). The number of hydrogen-bond donors (Lipinski definition) is 0. The van der Waals surface area contributed by atoms with Gasteiger partial charge in [-0.3, -0.25) is 14.5 Å². The maximum atomic E-state index is 13.0. The van der Waals surface area contributed by atoms with Gasteiger partial charge in [0, 0.05) is 49.9 Å². The van der Waals surface area contributed by atoms with Gasteiger partial charge in [0.05, 0.1) is 0 Å². The van der Waals surface area contributed by atoms with E-state index in [4.69, 9.17) is 0 Å². The molecule has 2 aliphatic heterocycles. The molecule has 31 heavy (non-hydrogen) atoms. The second-order valence-electron chi connectivity index (χ2n) is 10.1. The molecule has 0 aromatic heterocycles. The van der Waals surface area contributed by atoms with Crippen LogP contribution in [-0.2, 0) is 0 Å². The van der Waals surface area contributed by atoms with Crippen molar-refractivity contribution in [2.45, 2.75) is 76.8 Å². The lowest BCUT2D eigenvalue weighted by Crippen LogP contribution is -2.49. The van der Waals surface area contributed by atoms with Crippen LogP contribution in [0.2, 0.25) is 0 Å². The first kappa shape index (κ1) is 22.3. The van der Waals surface area contributed by atoms with Crippen LogP contribution in [0.5, 0.6) is 0 Å². The molecule has 5 heteroatoms. The van der Waals surface area contributed by atoms with Crippen LogP contribution in [0.1, 0.15) is 85.4 Å². The minimum absolute atomic E-state index is 0.0717. The molecule has 1 aromatic carbocycles. The molecule has 1 unspecified atom stereocenters. The summed E-state index contributed by atoms with van der Waals surface area (Å²) in [5.74, 6) is 0.972. The molecular formula is C26H39N3O2. The van der Waals surface area contributed by atoms with Gasteiger partial charge in [0.25, 0.3) is 11.8 Å². The number of hydrogen-bond acceptors (Lipinski definition) is 3. The summed E-state index contributed by atoms with van der Waals surface area (Å²) in [7, 11) is 1.92. The van der Waals surface area contributed by atoms with Crippen LogP contribution in [0, 0.1) is 5.92 Å². The molecule has 1 atom stereocenters. The van der Waals surface area contributed by atoms with E-state index in [1.54, 1.807) is 0 Å². The molecule has 1 aliphatic carbocycles. The maximum absolute atomic E-state index is 13.0. The van der Waals surface area contributed by atoms with E-state index in [1.807, 2.05) is 41.1 Å². The Bertz CT molecular complexity index is 748. The summed E-state index contributed by atoms with van der Waals surface area (Å²) in [5, 5.41) is 0. The number of piperidine rings is 2. The summed E-state index contributed by atoms with van der Waals surface area (Å²) in [6, 6.07) is 8.31. The SMILES string of the molecule is CC1CCCN(C2CCN(C(=O)c3ccc(C(=O)N(C)C4CCCCC4)cc3)CC2)C1. The van der Waals surface area contributed by atoms with Crippen LogP contribution in [0.3, 0.4) is 0 Å². The predicted octanol–water partition coefficient (Wildman–Crippen LogP) is 4.43. The van der Waals surface area contributed by atoms with Crippen molar-refractivity contribution in [1.29, 1.82) is 0 Å². The van der Waals surface area contributed by atoms with Crippen LogP contribution in [0.25, 0.3) is 0 Å². The van der Waals surface area contributed by atoms with E-state index in [0.29, 0.717) is 23.2 Å². The van der Waals surface area contributed by atoms with E-state index in [2.05, 4.69) is 11.8 Å². The number of rotatable bonds is 4. The first-order valence-corrected chi connectivity index (χ1v) is 12.4. The van der Waals surface area contributed by atoms with Gasteiger partial charge >= 0.3 is 0 Å². The first-order chi connectivity index (χ1) is 15.0. The summed E-state index contributed by atoms with van der Waals surface area (Å²) in [4.78, 5) is 32.4. The molecule has 0 spiro atoms. The smallest absolute Gasteiger partial charge is 0.253 e. The molecule has 170 valence electrons. The molecule has 0 bridgehead atoms. The Morgan fingerprint density at radius 3 is 2.13 bits per heavy atom. The average molecular weight is 426 g/mol. The zero-order chi connectivity index (χ0) is 21.8. The fourth-order valence-electron chi connectivity index (χ4n) is 5.77. The molecule has 2 saturated heterocycles. The van der Waals surface area contributed by atoms with E-state index in [-0.39, 0.29) is 11.8 Å². The van der Waals surface area contributed by atoms with Gasteiger partial charge < -0.3 is 9.80 Å². The number of benzene rings is 1. The highest BCUT2D eigenvalue weighted by Gasteiger charge is 2.30. The summed E-state index contributed by atoms with van der Waals surface area (Å²) >= 11 is 0. The summed E-state index contributed by atoms with van der Waals surface area (Å²) in [6.07, 6.45) is 10.7. The van der Waals surface area contributed by atoms with Gasteiger partial charge in [0.2, 0.25) is 0 Å². The van der Waals surface area contributed by atoms with Gasteiger partial charge in [0.1, 0.15) is 0 Å². The third kappa shape index (κ3) is 5.31. The largest absolute Gasteiger partial charge is 0.339 e. The molecule has 0 radical (unpaired) electrons. The van der Waals surface area contributed by atoms with Crippen molar-refractivity contribution in [3.8, 4) is 0 Å². The van der Waals surface area contributed by atoms with E-state index in [0.717, 1.165) is 44.7 Å². The average Bonchev–Trinajstić information content (AvgIpc) is 2.83. The second-order valence-corrected chi connectivity index (χ2v) is 10.1. The minimum Gasteiger partial charge on any atom is -0.339 e. The summed E-state index contributed by atoms with van der Waals surface area (Å²) in [6.45, 7) is 6.45. The summed E-state index contributed by atoms with van der Waals surface area (Å²) in [5.41, 5.74) is 1.38. The van der Waals surface area contributed by atoms with Gasteiger partial charge in [0.15, 0.2) is 0 Å². The molecule has 0 N–H and O–H groups in total. The fraction of sp³-hybridized carbons (Fsp3) is 0.692.